The van der Waals surface area contributed by atoms with Crippen LogP contribution in [-0.4, -0.2) is 55.1 Å². The average molecular weight is 355 g/mol. The Labute approximate surface area is 146 Å². The molecule has 1 amide bonds. The third-order valence-electron chi connectivity index (χ3n) is 3.25. The lowest BCUT2D eigenvalue weighted by atomic mass is 9.98. The molecule has 0 aliphatic carbocycles. The molecule has 140 valence electrons. The number of aliphatic hydroxyl groups is 2. The van der Waals surface area contributed by atoms with Gasteiger partial charge in [0, 0.05) is 12.1 Å². The Morgan fingerprint density at radius 3 is 2.24 bits per heavy atom. The Morgan fingerprint density at radius 2 is 1.76 bits per heavy atom. The van der Waals surface area contributed by atoms with Crippen molar-refractivity contribution in [2.24, 2.45) is 0 Å². The Morgan fingerprint density at radius 1 is 1.20 bits per heavy atom. The van der Waals surface area contributed by atoms with E-state index in [0.717, 1.165) is 0 Å². The van der Waals surface area contributed by atoms with Crippen molar-refractivity contribution in [3.05, 3.63) is 23.3 Å². The van der Waals surface area contributed by atoms with Gasteiger partial charge < -0.3 is 29.7 Å². The molecule has 8 nitrogen and oxygen atoms in total. The largest absolute Gasteiger partial charge is 0.493 e. The molecule has 0 bridgehead atoms. The first-order valence-corrected chi connectivity index (χ1v) is 7.67. The highest BCUT2D eigenvalue weighted by molar-refractivity contribution is 5.79. The molecule has 0 radical (unpaired) electrons. The maximum absolute atomic E-state index is 11.6. The zero-order chi connectivity index (χ0) is 19.2. The lowest BCUT2D eigenvalue weighted by Gasteiger charge is -2.23. The molecule has 1 aromatic rings. The van der Waals surface area contributed by atoms with Crippen LogP contribution in [0.1, 0.15) is 42.8 Å². The molecule has 0 saturated heterocycles. The summed E-state index contributed by atoms with van der Waals surface area (Å²) >= 11 is 0. The van der Waals surface area contributed by atoms with E-state index in [9.17, 15) is 19.8 Å². The number of aldehydes is 1. The molecule has 2 atom stereocenters. The van der Waals surface area contributed by atoms with Gasteiger partial charge in [0.2, 0.25) is 0 Å². The maximum atomic E-state index is 11.6. The Hall–Kier alpha value is -2.32. The number of nitrogens with one attached hydrogen (secondary N) is 1. The molecule has 25 heavy (non-hydrogen) atoms. The standard InChI is InChI=1S/C17H25NO7/c1-17(2,3)25-16(22)18-8-12(20)15(21)11-7-14(24-5)13(23-4)6-10(11)9-19/h6-7,9,12,15,20-21H,8H2,1-5H3,(H,18,22). The monoisotopic (exact) mass is 355 g/mol. The van der Waals surface area contributed by atoms with E-state index in [1.54, 1.807) is 20.8 Å². The predicted octanol–water partition coefficient (Wildman–Crippen LogP) is 1.44. The summed E-state index contributed by atoms with van der Waals surface area (Å²) in [5, 5.41) is 22.8. The zero-order valence-corrected chi connectivity index (χ0v) is 15.0. The molecule has 0 aliphatic heterocycles. The SMILES string of the molecule is COc1cc(C=O)c(C(O)C(O)CNC(=O)OC(C)(C)C)cc1OC. The van der Waals surface area contributed by atoms with Crippen LogP contribution in [0.3, 0.4) is 0 Å². The summed E-state index contributed by atoms with van der Waals surface area (Å²) in [6.07, 6.45) is -2.96. The van der Waals surface area contributed by atoms with Gasteiger partial charge in [0.1, 0.15) is 17.8 Å². The molecule has 0 aromatic heterocycles. The number of ether oxygens (including phenoxy) is 3. The first-order chi connectivity index (χ1) is 11.6. The third-order valence-corrected chi connectivity index (χ3v) is 3.25. The summed E-state index contributed by atoms with van der Waals surface area (Å²) in [4.78, 5) is 22.9. The number of benzene rings is 1. The second-order valence-electron chi connectivity index (χ2n) is 6.35. The second kappa shape index (κ2) is 8.68. The Bertz CT molecular complexity index is 610. The van der Waals surface area contributed by atoms with E-state index in [2.05, 4.69) is 5.32 Å². The number of aliphatic hydroxyl groups excluding tert-OH is 2. The Balaban J connectivity index is 2.89. The summed E-state index contributed by atoms with van der Waals surface area (Å²) < 4.78 is 15.3. The molecular weight excluding hydrogens is 330 g/mol. The molecule has 0 heterocycles. The molecule has 0 aliphatic rings. The van der Waals surface area contributed by atoms with Gasteiger partial charge in [-0.2, -0.15) is 0 Å². The minimum absolute atomic E-state index is 0.140. The van der Waals surface area contributed by atoms with E-state index in [-0.39, 0.29) is 17.7 Å². The molecule has 0 spiro atoms. The molecule has 8 heteroatoms. The van der Waals surface area contributed by atoms with Gasteiger partial charge in [-0.1, -0.05) is 0 Å². The molecule has 3 N–H and O–H groups in total. The molecule has 1 aromatic carbocycles. The Kier molecular flexibility index (Phi) is 7.20. The van der Waals surface area contributed by atoms with Crippen molar-refractivity contribution in [2.45, 2.75) is 38.6 Å². The average Bonchev–Trinajstić information content (AvgIpc) is 2.56. The van der Waals surface area contributed by atoms with Gasteiger partial charge in [0.15, 0.2) is 17.8 Å². The van der Waals surface area contributed by atoms with Crippen LogP contribution >= 0.6 is 0 Å². The van der Waals surface area contributed by atoms with Crippen LogP contribution in [-0.2, 0) is 4.74 Å². The van der Waals surface area contributed by atoms with Crippen molar-refractivity contribution in [3.63, 3.8) is 0 Å². The van der Waals surface area contributed by atoms with Crippen molar-refractivity contribution in [3.8, 4) is 11.5 Å². The third kappa shape index (κ3) is 5.91. The van der Waals surface area contributed by atoms with Crippen LogP contribution in [0.4, 0.5) is 4.79 Å². The lowest BCUT2D eigenvalue weighted by Crippen LogP contribution is -2.39. The van der Waals surface area contributed by atoms with Gasteiger partial charge in [-0.3, -0.25) is 4.79 Å². The zero-order valence-electron chi connectivity index (χ0n) is 15.0. The minimum Gasteiger partial charge on any atom is -0.493 e. The van der Waals surface area contributed by atoms with Gasteiger partial charge in [-0.15, -0.1) is 0 Å². The summed E-state index contributed by atoms with van der Waals surface area (Å²) in [7, 11) is 2.83. The summed E-state index contributed by atoms with van der Waals surface area (Å²) in [6.45, 7) is 4.86. The van der Waals surface area contributed by atoms with Gasteiger partial charge in [-0.05, 0) is 38.5 Å². The number of carbonyl (C=O) groups is 2. The van der Waals surface area contributed by atoms with Crippen LogP contribution in [0.15, 0.2) is 12.1 Å². The highest BCUT2D eigenvalue weighted by Crippen LogP contribution is 2.33. The topological polar surface area (TPSA) is 114 Å². The van der Waals surface area contributed by atoms with Crippen LogP contribution in [0.5, 0.6) is 11.5 Å². The van der Waals surface area contributed by atoms with Crippen LogP contribution < -0.4 is 14.8 Å². The highest BCUT2D eigenvalue weighted by atomic mass is 16.6. The normalized spacial score (nSPS) is 13.6. The van der Waals surface area contributed by atoms with Crippen LogP contribution in [0.25, 0.3) is 0 Å². The van der Waals surface area contributed by atoms with Gasteiger partial charge >= 0.3 is 6.09 Å². The van der Waals surface area contributed by atoms with Gasteiger partial charge in [-0.25, -0.2) is 4.79 Å². The summed E-state index contributed by atoms with van der Waals surface area (Å²) in [5.74, 6) is 0.622. The number of rotatable bonds is 7. The van der Waals surface area contributed by atoms with Crippen molar-refractivity contribution in [1.82, 2.24) is 5.32 Å². The van der Waals surface area contributed by atoms with Crippen molar-refractivity contribution >= 4 is 12.4 Å². The van der Waals surface area contributed by atoms with E-state index in [1.165, 1.54) is 26.4 Å². The fourth-order valence-electron chi connectivity index (χ4n) is 2.09. The summed E-state index contributed by atoms with van der Waals surface area (Å²) in [5.41, 5.74) is -0.380. The number of hydrogen-bond acceptors (Lipinski definition) is 7. The number of alkyl carbamates (subject to hydrolysis) is 1. The molecule has 0 saturated carbocycles. The molecule has 0 fully saturated rings. The molecule has 2 unspecified atom stereocenters. The summed E-state index contributed by atoms with van der Waals surface area (Å²) in [6, 6.07) is 2.81. The van der Waals surface area contributed by atoms with Gasteiger partial charge in [0.05, 0.1) is 14.2 Å². The van der Waals surface area contributed by atoms with Crippen LogP contribution in [0, 0.1) is 0 Å². The van der Waals surface area contributed by atoms with Crippen molar-refractivity contribution in [1.29, 1.82) is 0 Å². The van der Waals surface area contributed by atoms with Crippen molar-refractivity contribution < 1.29 is 34.0 Å². The second-order valence-corrected chi connectivity index (χ2v) is 6.35. The minimum atomic E-state index is -1.42. The first kappa shape index (κ1) is 20.7. The molecular formula is C17H25NO7. The van der Waals surface area contributed by atoms with E-state index < -0.39 is 23.9 Å². The van der Waals surface area contributed by atoms with E-state index in [0.29, 0.717) is 17.8 Å². The number of hydrogen-bond donors (Lipinski definition) is 3. The first-order valence-electron chi connectivity index (χ1n) is 7.67. The number of carbonyl (C=O) groups excluding carboxylic acids is 2. The smallest absolute Gasteiger partial charge is 0.407 e. The maximum Gasteiger partial charge on any atom is 0.407 e. The lowest BCUT2D eigenvalue weighted by molar-refractivity contribution is 0.0125. The fourth-order valence-corrected chi connectivity index (χ4v) is 2.09. The number of amides is 1. The quantitative estimate of drug-likeness (QED) is 0.634. The van der Waals surface area contributed by atoms with Crippen molar-refractivity contribution in [2.75, 3.05) is 20.8 Å². The fraction of sp³-hybridized carbons (Fsp3) is 0.529. The van der Waals surface area contributed by atoms with E-state index in [4.69, 9.17) is 14.2 Å². The predicted molar refractivity (Wildman–Crippen MR) is 90.1 cm³/mol. The van der Waals surface area contributed by atoms with E-state index in [1.807, 2.05) is 0 Å². The number of methoxy groups -OCH3 is 2. The molecule has 1 rings (SSSR count). The van der Waals surface area contributed by atoms with Gasteiger partial charge in [0.25, 0.3) is 0 Å². The van der Waals surface area contributed by atoms with E-state index >= 15 is 0 Å². The van der Waals surface area contributed by atoms with Crippen LogP contribution in [0.2, 0.25) is 0 Å². The highest BCUT2D eigenvalue weighted by Gasteiger charge is 2.25.